The monoisotopic (exact) mass is 697 g/mol. The predicted octanol–water partition coefficient (Wildman–Crippen LogP) is 14.3. The number of carbonyl (C=O) groups is 1. The van der Waals surface area contributed by atoms with Crippen molar-refractivity contribution in [3.8, 4) is 0 Å². The Morgan fingerprint density at radius 2 is 0.854 bits per heavy atom. The summed E-state index contributed by atoms with van der Waals surface area (Å²) in [7, 11) is -0.464. The van der Waals surface area contributed by atoms with Gasteiger partial charge in [0.1, 0.15) is 0 Å². The number of aliphatic hydroxyl groups excluding tert-OH is 1. The molecule has 0 saturated carbocycles. The van der Waals surface area contributed by atoms with Crippen molar-refractivity contribution >= 4 is 14.3 Å². The van der Waals surface area contributed by atoms with Crippen molar-refractivity contribution in [2.45, 2.75) is 251 Å². The first-order chi connectivity index (χ1) is 23.1. The third-order valence-electron chi connectivity index (χ3n) is 11.2. The molecular formula is C43H88O4Si. The fraction of sp³-hybridized carbons (Fsp3) is 0.977. The molecule has 0 aliphatic rings. The molecule has 0 saturated heterocycles. The summed E-state index contributed by atoms with van der Waals surface area (Å²) in [6, 6.07) is 0. The molecule has 1 N–H and O–H groups in total. The van der Waals surface area contributed by atoms with Crippen molar-refractivity contribution in [2.24, 2.45) is 5.92 Å². The lowest BCUT2D eigenvalue weighted by molar-refractivity contribution is -0.149. The Bertz CT molecular complexity index is 689. The first kappa shape index (κ1) is 47.6. The third kappa shape index (κ3) is 27.3. The Hall–Kier alpha value is -0.393. The van der Waals surface area contributed by atoms with Gasteiger partial charge in [0.25, 0.3) is 0 Å². The smallest absolute Gasteiger partial charge is 0.311 e. The molecule has 0 radical (unpaired) electrons. The lowest BCUT2D eigenvalue weighted by atomic mass is 9.91. The van der Waals surface area contributed by atoms with Crippen LogP contribution in [0.15, 0.2) is 0 Å². The van der Waals surface area contributed by atoms with E-state index in [0.717, 1.165) is 38.5 Å². The van der Waals surface area contributed by atoms with Gasteiger partial charge in [0.15, 0.2) is 8.32 Å². The van der Waals surface area contributed by atoms with Gasteiger partial charge in [0.05, 0.1) is 19.1 Å². The molecule has 0 fully saturated rings. The number of aliphatic hydroxyl groups is 1. The zero-order valence-electron chi connectivity index (χ0n) is 34.0. The van der Waals surface area contributed by atoms with Crippen LogP contribution >= 0.6 is 0 Å². The molecule has 0 unspecified atom stereocenters. The first-order valence-electron chi connectivity index (χ1n) is 21.5. The molecule has 4 nitrogen and oxygen atoms in total. The van der Waals surface area contributed by atoms with Gasteiger partial charge in [0.2, 0.25) is 0 Å². The van der Waals surface area contributed by atoms with E-state index in [1.807, 2.05) is 0 Å². The van der Waals surface area contributed by atoms with Crippen LogP contribution in [0.25, 0.3) is 0 Å². The van der Waals surface area contributed by atoms with Crippen LogP contribution in [0.3, 0.4) is 0 Å². The molecule has 0 aromatic heterocycles. The highest BCUT2D eigenvalue weighted by molar-refractivity contribution is 6.74. The highest BCUT2D eigenvalue weighted by atomic mass is 28.4. The summed E-state index contributed by atoms with van der Waals surface area (Å²) in [5.41, 5.74) is 0. The molecule has 2 atom stereocenters. The second kappa shape index (κ2) is 32.5. The molecular weight excluding hydrogens is 609 g/mol. The van der Waals surface area contributed by atoms with E-state index in [1.54, 1.807) is 7.11 Å². The second-order valence-corrected chi connectivity index (χ2v) is 21.5. The number of rotatable bonds is 36. The Morgan fingerprint density at radius 1 is 0.542 bits per heavy atom. The summed E-state index contributed by atoms with van der Waals surface area (Å²) < 4.78 is 12.3. The highest BCUT2D eigenvalue weighted by Crippen LogP contribution is 2.39. The van der Waals surface area contributed by atoms with Crippen molar-refractivity contribution in [3.05, 3.63) is 0 Å². The SMILES string of the molecule is CCCCCCCCCCCCCCCCCCCCCCCC[C@@H](C(=O)OC)[C@@H](CCCCCCCCCO)O[Si](C)(C)C(C)(C)C. The Labute approximate surface area is 303 Å². The van der Waals surface area contributed by atoms with Gasteiger partial charge in [-0.25, -0.2) is 0 Å². The molecule has 0 spiro atoms. The van der Waals surface area contributed by atoms with Crippen LogP contribution < -0.4 is 0 Å². The Kier molecular flexibility index (Phi) is 32.2. The van der Waals surface area contributed by atoms with Gasteiger partial charge in [-0.05, 0) is 37.4 Å². The number of carbonyl (C=O) groups excluding carboxylic acids is 1. The maximum atomic E-state index is 13.1. The van der Waals surface area contributed by atoms with Crippen LogP contribution in [-0.2, 0) is 14.0 Å². The number of ether oxygens (including phenoxy) is 1. The average Bonchev–Trinajstić information content (AvgIpc) is 3.05. The standard InChI is InChI=1S/C43H88O4Si/c1-8-9-10-11-12-13-14-15-16-17-18-19-20-21-22-23-24-25-26-28-31-34-37-40(42(45)46-5)41(47-48(6,7)43(2,3)4)38-35-32-29-27-30-33-36-39-44/h40-41,44H,8-39H2,1-7H3/t40-,41-/m1/s1. The van der Waals surface area contributed by atoms with Crippen LogP contribution in [-0.4, -0.2) is 39.2 Å². The van der Waals surface area contributed by atoms with Gasteiger partial charge >= 0.3 is 5.97 Å². The third-order valence-corrected chi connectivity index (χ3v) is 15.7. The number of methoxy groups -OCH3 is 1. The van der Waals surface area contributed by atoms with Gasteiger partial charge < -0.3 is 14.3 Å². The van der Waals surface area contributed by atoms with Gasteiger partial charge in [0, 0.05) is 6.61 Å². The predicted molar refractivity (Wildman–Crippen MR) is 213 cm³/mol. The van der Waals surface area contributed by atoms with E-state index in [1.165, 1.54) is 161 Å². The minimum Gasteiger partial charge on any atom is -0.469 e. The van der Waals surface area contributed by atoms with Crippen molar-refractivity contribution in [2.75, 3.05) is 13.7 Å². The average molecular weight is 697 g/mol. The lowest BCUT2D eigenvalue weighted by Crippen LogP contribution is -2.47. The van der Waals surface area contributed by atoms with E-state index in [2.05, 4.69) is 40.8 Å². The normalized spacial score (nSPS) is 13.6. The summed E-state index contributed by atoms with van der Waals surface area (Å²) in [6.07, 6.45) is 40.4. The molecule has 48 heavy (non-hydrogen) atoms. The minimum atomic E-state index is -2.01. The van der Waals surface area contributed by atoms with E-state index in [-0.39, 0.29) is 23.0 Å². The lowest BCUT2D eigenvalue weighted by Gasteiger charge is -2.41. The van der Waals surface area contributed by atoms with Gasteiger partial charge in [-0.15, -0.1) is 0 Å². The van der Waals surface area contributed by atoms with Crippen molar-refractivity contribution in [1.82, 2.24) is 0 Å². The number of esters is 1. The Balaban J connectivity index is 4.17. The molecule has 0 aliphatic carbocycles. The van der Waals surface area contributed by atoms with Crippen LogP contribution in [0, 0.1) is 5.92 Å². The van der Waals surface area contributed by atoms with Crippen molar-refractivity contribution < 1.29 is 19.1 Å². The van der Waals surface area contributed by atoms with Crippen LogP contribution in [0.1, 0.15) is 227 Å². The fourth-order valence-corrected chi connectivity index (χ4v) is 8.21. The van der Waals surface area contributed by atoms with Crippen LogP contribution in [0.5, 0.6) is 0 Å². The molecule has 0 bridgehead atoms. The molecule has 288 valence electrons. The molecule has 5 heteroatoms. The first-order valence-corrected chi connectivity index (χ1v) is 24.4. The topological polar surface area (TPSA) is 55.8 Å². The quantitative estimate of drug-likeness (QED) is 0.0402. The molecule has 0 aromatic rings. The molecule has 0 aromatic carbocycles. The van der Waals surface area contributed by atoms with E-state index in [0.29, 0.717) is 6.61 Å². The maximum absolute atomic E-state index is 13.1. The van der Waals surface area contributed by atoms with E-state index in [9.17, 15) is 4.79 Å². The summed E-state index contributed by atoms with van der Waals surface area (Å²) in [5, 5.41) is 9.12. The fourth-order valence-electron chi connectivity index (χ4n) is 6.82. The molecule has 0 rings (SSSR count). The summed E-state index contributed by atoms with van der Waals surface area (Å²) in [5.74, 6) is -0.231. The number of unbranched alkanes of at least 4 members (excludes halogenated alkanes) is 27. The minimum absolute atomic E-state index is 0.0392. The number of hydrogen-bond donors (Lipinski definition) is 1. The van der Waals surface area contributed by atoms with Gasteiger partial charge in [-0.3, -0.25) is 4.79 Å². The zero-order chi connectivity index (χ0) is 35.8. The summed E-state index contributed by atoms with van der Waals surface area (Å²) >= 11 is 0. The van der Waals surface area contributed by atoms with Gasteiger partial charge in [-0.1, -0.05) is 207 Å². The van der Waals surface area contributed by atoms with Crippen molar-refractivity contribution in [3.63, 3.8) is 0 Å². The van der Waals surface area contributed by atoms with E-state index < -0.39 is 8.32 Å². The molecule has 0 amide bonds. The summed E-state index contributed by atoms with van der Waals surface area (Å²) in [4.78, 5) is 13.1. The van der Waals surface area contributed by atoms with Gasteiger partial charge in [-0.2, -0.15) is 0 Å². The largest absolute Gasteiger partial charge is 0.469 e. The highest BCUT2D eigenvalue weighted by Gasteiger charge is 2.42. The second-order valence-electron chi connectivity index (χ2n) is 16.7. The molecule has 0 aliphatic heterocycles. The van der Waals surface area contributed by atoms with Crippen LogP contribution in [0.4, 0.5) is 0 Å². The molecule has 0 heterocycles. The maximum Gasteiger partial charge on any atom is 0.311 e. The summed E-state index contributed by atoms with van der Waals surface area (Å²) in [6.45, 7) is 14.1. The van der Waals surface area contributed by atoms with E-state index >= 15 is 0 Å². The zero-order valence-corrected chi connectivity index (χ0v) is 35.0. The van der Waals surface area contributed by atoms with E-state index in [4.69, 9.17) is 14.3 Å². The van der Waals surface area contributed by atoms with Crippen molar-refractivity contribution in [1.29, 1.82) is 0 Å². The Morgan fingerprint density at radius 3 is 1.17 bits per heavy atom. The number of hydrogen-bond acceptors (Lipinski definition) is 4. The van der Waals surface area contributed by atoms with Crippen LogP contribution in [0.2, 0.25) is 18.1 Å².